The molecule has 2 aromatic heterocycles. The normalized spacial score (nSPS) is 10.8. The Bertz CT molecular complexity index is 525. The summed E-state index contributed by atoms with van der Waals surface area (Å²) in [7, 11) is 2.01. The van der Waals surface area contributed by atoms with Gasteiger partial charge in [-0.25, -0.2) is 4.79 Å². The molecular formula is C13H14N2O2S. The van der Waals surface area contributed by atoms with Crippen LogP contribution in [0.15, 0.2) is 36.7 Å². The summed E-state index contributed by atoms with van der Waals surface area (Å²) in [4.78, 5) is 18.4. The van der Waals surface area contributed by atoms with E-state index < -0.39 is 5.97 Å². The lowest BCUT2D eigenvalue weighted by atomic mass is 10.2. The van der Waals surface area contributed by atoms with E-state index in [1.165, 1.54) is 16.9 Å². The zero-order valence-electron chi connectivity index (χ0n) is 10.0. The number of hydrogen-bond acceptors (Lipinski definition) is 4. The monoisotopic (exact) mass is 262 g/mol. The third kappa shape index (κ3) is 3.38. The lowest BCUT2D eigenvalue weighted by Crippen LogP contribution is -2.16. The molecule has 0 spiro atoms. The van der Waals surface area contributed by atoms with Crippen molar-refractivity contribution in [1.82, 2.24) is 9.88 Å². The Balaban J connectivity index is 1.94. The lowest BCUT2D eigenvalue weighted by molar-refractivity contribution is 0.0702. The summed E-state index contributed by atoms with van der Waals surface area (Å²) in [6, 6.07) is 7.49. The number of nitrogens with zero attached hydrogens (tertiary/aromatic N) is 2. The Hall–Kier alpha value is -1.72. The summed E-state index contributed by atoms with van der Waals surface area (Å²) in [5, 5.41) is 8.86. The van der Waals surface area contributed by atoms with E-state index in [4.69, 9.17) is 5.11 Å². The number of pyridine rings is 1. The fourth-order valence-electron chi connectivity index (χ4n) is 1.70. The van der Waals surface area contributed by atoms with Gasteiger partial charge in [-0.3, -0.25) is 9.88 Å². The fourth-order valence-corrected chi connectivity index (χ4v) is 2.63. The molecule has 0 radical (unpaired) electrons. The van der Waals surface area contributed by atoms with Crippen molar-refractivity contribution in [2.45, 2.75) is 13.1 Å². The van der Waals surface area contributed by atoms with E-state index >= 15 is 0 Å². The standard InChI is InChI=1S/C13H14N2O2S/c1-15(8-10-4-6-14-7-5-10)9-11-2-3-12(18-11)13(16)17/h2-7H,8-9H2,1H3,(H,16,17). The van der Waals surface area contributed by atoms with Gasteiger partial charge < -0.3 is 5.11 Å². The van der Waals surface area contributed by atoms with Crippen LogP contribution < -0.4 is 0 Å². The summed E-state index contributed by atoms with van der Waals surface area (Å²) < 4.78 is 0. The second-order valence-corrected chi connectivity index (χ2v) is 5.27. The highest BCUT2D eigenvalue weighted by Crippen LogP contribution is 2.18. The summed E-state index contributed by atoms with van der Waals surface area (Å²) in [6.07, 6.45) is 3.55. The molecule has 0 amide bonds. The third-order valence-corrected chi connectivity index (χ3v) is 3.56. The number of thiophene rings is 1. The summed E-state index contributed by atoms with van der Waals surface area (Å²) in [5.74, 6) is -0.858. The molecular weight excluding hydrogens is 248 g/mol. The molecule has 0 aliphatic heterocycles. The minimum atomic E-state index is -0.858. The molecule has 0 saturated carbocycles. The van der Waals surface area contributed by atoms with Gasteiger partial charge in [0.15, 0.2) is 0 Å². The number of carboxylic acid groups (broad SMARTS) is 1. The van der Waals surface area contributed by atoms with Crippen LogP contribution in [0.25, 0.3) is 0 Å². The first-order valence-electron chi connectivity index (χ1n) is 5.54. The number of carbonyl (C=O) groups is 1. The van der Waals surface area contributed by atoms with Crippen LogP contribution in [0.4, 0.5) is 0 Å². The van der Waals surface area contributed by atoms with Gasteiger partial charge in [-0.2, -0.15) is 0 Å². The van der Waals surface area contributed by atoms with Gasteiger partial charge in [-0.05, 0) is 36.9 Å². The number of hydrogen-bond donors (Lipinski definition) is 1. The largest absolute Gasteiger partial charge is 0.477 e. The highest BCUT2D eigenvalue weighted by molar-refractivity contribution is 7.13. The van der Waals surface area contributed by atoms with Crippen molar-refractivity contribution < 1.29 is 9.90 Å². The third-order valence-electron chi connectivity index (χ3n) is 2.50. The van der Waals surface area contributed by atoms with E-state index in [0.717, 1.165) is 18.0 Å². The average Bonchev–Trinajstić information content (AvgIpc) is 2.78. The molecule has 0 aromatic carbocycles. The first kappa shape index (κ1) is 12.7. The second-order valence-electron chi connectivity index (χ2n) is 4.10. The van der Waals surface area contributed by atoms with Crippen molar-refractivity contribution in [3.63, 3.8) is 0 Å². The minimum Gasteiger partial charge on any atom is -0.477 e. The highest BCUT2D eigenvalue weighted by Gasteiger charge is 2.08. The Morgan fingerprint density at radius 1 is 1.28 bits per heavy atom. The quantitative estimate of drug-likeness (QED) is 0.899. The first-order valence-corrected chi connectivity index (χ1v) is 6.36. The van der Waals surface area contributed by atoms with Gasteiger partial charge in [0.2, 0.25) is 0 Å². The van der Waals surface area contributed by atoms with Crippen molar-refractivity contribution >= 4 is 17.3 Å². The molecule has 94 valence electrons. The summed E-state index contributed by atoms with van der Waals surface area (Å²) >= 11 is 1.33. The van der Waals surface area contributed by atoms with E-state index in [0.29, 0.717) is 4.88 Å². The van der Waals surface area contributed by atoms with Gasteiger partial charge >= 0.3 is 5.97 Å². The minimum absolute atomic E-state index is 0.391. The Labute approximate surface area is 110 Å². The van der Waals surface area contributed by atoms with Gasteiger partial charge in [0.1, 0.15) is 4.88 Å². The van der Waals surface area contributed by atoms with Crippen LogP contribution in [0.5, 0.6) is 0 Å². The summed E-state index contributed by atoms with van der Waals surface area (Å²) in [6.45, 7) is 1.57. The van der Waals surface area contributed by atoms with Crippen LogP contribution in [0.2, 0.25) is 0 Å². The van der Waals surface area contributed by atoms with Gasteiger partial charge in [-0.15, -0.1) is 11.3 Å². The molecule has 0 saturated heterocycles. The SMILES string of the molecule is CN(Cc1ccncc1)Cc1ccc(C(=O)O)s1. The smallest absolute Gasteiger partial charge is 0.345 e. The number of aromatic carboxylic acids is 1. The molecule has 0 aliphatic rings. The topological polar surface area (TPSA) is 53.4 Å². The van der Waals surface area contributed by atoms with E-state index in [2.05, 4.69) is 9.88 Å². The van der Waals surface area contributed by atoms with Crippen LogP contribution in [0.1, 0.15) is 20.1 Å². The molecule has 5 heteroatoms. The van der Waals surface area contributed by atoms with E-state index in [-0.39, 0.29) is 0 Å². The molecule has 0 aliphatic carbocycles. The van der Waals surface area contributed by atoms with Crippen molar-refractivity contribution in [3.05, 3.63) is 52.0 Å². The molecule has 0 bridgehead atoms. The first-order chi connectivity index (χ1) is 8.65. The predicted octanol–water partition coefficient (Wildman–Crippen LogP) is 2.47. The van der Waals surface area contributed by atoms with Gasteiger partial charge in [0.25, 0.3) is 0 Å². The number of aromatic nitrogens is 1. The lowest BCUT2D eigenvalue weighted by Gasteiger charge is -2.15. The van der Waals surface area contributed by atoms with Gasteiger partial charge in [0, 0.05) is 30.4 Å². The second kappa shape index (κ2) is 5.75. The van der Waals surface area contributed by atoms with Crippen LogP contribution in [0.3, 0.4) is 0 Å². The number of carboxylic acids is 1. The van der Waals surface area contributed by atoms with Crippen molar-refractivity contribution in [1.29, 1.82) is 0 Å². The zero-order chi connectivity index (χ0) is 13.0. The molecule has 0 unspecified atom stereocenters. The molecule has 1 N–H and O–H groups in total. The van der Waals surface area contributed by atoms with E-state index in [1.807, 2.05) is 25.2 Å². The molecule has 0 fully saturated rings. The van der Waals surface area contributed by atoms with Crippen molar-refractivity contribution in [3.8, 4) is 0 Å². The maximum Gasteiger partial charge on any atom is 0.345 e. The van der Waals surface area contributed by atoms with Crippen LogP contribution in [-0.4, -0.2) is 28.0 Å². The molecule has 18 heavy (non-hydrogen) atoms. The number of rotatable bonds is 5. The van der Waals surface area contributed by atoms with Gasteiger partial charge in [0.05, 0.1) is 0 Å². The fraction of sp³-hybridized carbons (Fsp3) is 0.231. The molecule has 2 rings (SSSR count). The maximum absolute atomic E-state index is 10.8. The Morgan fingerprint density at radius 3 is 2.61 bits per heavy atom. The van der Waals surface area contributed by atoms with Crippen molar-refractivity contribution in [2.75, 3.05) is 7.05 Å². The van der Waals surface area contributed by atoms with Crippen LogP contribution >= 0.6 is 11.3 Å². The van der Waals surface area contributed by atoms with Crippen LogP contribution in [0, 0.1) is 0 Å². The Morgan fingerprint density at radius 2 is 2.00 bits per heavy atom. The maximum atomic E-state index is 10.8. The van der Waals surface area contributed by atoms with Gasteiger partial charge in [-0.1, -0.05) is 0 Å². The zero-order valence-corrected chi connectivity index (χ0v) is 10.9. The summed E-state index contributed by atoms with van der Waals surface area (Å²) in [5.41, 5.74) is 1.20. The average molecular weight is 262 g/mol. The van der Waals surface area contributed by atoms with Crippen molar-refractivity contribution in [2.24, 2.45) is 0 Å². The highest BCUT2D eigenvalue weighted by atomic mass is 32.1. The predicted molar refractivity (Wildman–Crippen MR) is 70.7 cm³/mol. The van der Waals surface area contributed by atoms with E-state index in [1.54, 1.807) is 18.5 Å². The Kier molecular flexibility index (Phi) is 4.07. The molecule has 2 aromatic rings. The van der Waals surface area contributed by atoms with E-state index in [9.17, 15) is 4.79 Å². The molecule has 2 heterocycles. The van der Waals surface area contributed by atoms with Crippen LogP contribution in [-0.2, 0) is 13.1 Å². The molecule has 0 atom stereocenters. The molecule has 4 nitrogen and oxygen atoms in total.